The molecule has 0 saturated heterocycles. The molecule has 1 aliphatic rings. The highest BCUT2D eigenvalue weighted by atomic mass is 32.2. The molecule has 1 unspecified atom stereocenters. The third-order valence-electron chi connectivity index (χ3n) is 7.26. The van der Waals surface area contributed by atoms with Crippen molar-refractivity contribution >= 4 is 21.7 Å². The first-order valence-corrected chi connectivity index (χ1v) is 15.0. The van der Waals surface area contributed by atoms with Gasteiger partial charge in [-0.05, 0) is 73.2 Å². The van der Waals surface area contributed by atoms with E-state index in [0.717, 1.165) is 12.0 Å². The highest BCUT2D eigenvalue weighted by molar-refractivity contribution is 7.92. The zero-order chi connectivity index (χ0) is 29.6. The minimum absolute atomic E-state index is 0.0339. The minimum atomic E-state index is -4.03. The van der Waals surface area contributed by atoms with Gasteiger partial charge in [0, 0.05) is 24.2 Å². The Morgan fingerprint density at radius 1 is 1.15 bits per heavy atom. The topological polar surface area (TPSA) is 129 Å². The molecule has 41 heavy (non-hydrogen) atoms. The number of nitrogens with zero attached hydrogens (tertiary/aromatic N) is 2. The number of aliphatic hydroxyl groups is 1. The van der Waals surface area contributed by atoms with E-state index in [-0.39, 0.29) is 39.8 Å². The summed E-state index contributed by atoms with van der Waals surface area (Å²) in [7, 11) is -4.03. The van der Waals surface area contributed by atoms with Crippen LogP contribution in [-0.2, 0) is 26.0 Å². The van der Waals surface area contributed by atoms with Crippen molar-refractivity contribution in [3.05, 3.63) is 101 Å². The summed E-state index contributed by atoms with van der Waals surface area (Å²) < 4.78 is 47.6. The number of ether oxygens (including phenoxy) is 1. The number of anilines is 1. The summed E-state index contributed by atoms with van der Waals surface area (Å²) in [6.07, 6.45) is 4.15. The normalized spacial score (nSPS) is 18.0. The van der Waals surface area contributed by atoms with Crippen molar-refractivity contribution in [2.24, 2.45) is 0 Å². The number of hydrogen-bond acceptors (Lipinski definition) is 7. The number of hydrogen-bond donors (Lipinski definition) is 2. The molecule has 1 aromatic heterocycles. The summed E-state index contributed by atoms with van der Waals surface area (Å²) in [6, 6.07) is 17.3. The second kappa shape index (κ2) is 12.5. The van der Waals surface area contributed by atoms with Gasteiger partial charge in [0.25, 0.3) is 10.0 Å². The van der Waals surface area contributed by atoms with Gasteiger partial charge < -0.3 is 9.84 Å². The standard InChI is InChI=1S/C31H32FN3O5S/c1-3-15-31(16-14-21-8-11-24(32)12-9-21)18-27(36)29(30(37)40-31)26(4-2)23-6-5-7-25(17-23)35-41(38,39)28-13-10-22(19-33)20-34-28/h5-13,17,20,26,35-36H,3-4,14-16,18H2,1-2H3/t26?,31-/m1/s1. The zero-order valence-corrected chi connectivity index (χ0v) is 23.7. The Hall–Kier alpha value is -4.23. The smallest absolute Gasteiger partial charge is 0.338 e. The monoisotopic (exact) mass is 577 g/mol. The van der Waals surface area contributed by atoms with E-state index in [9.17, 15) is 22.7 Å². The largest absolute Gasteiger partial charge is 0.512 e. The SMILES string of the molecule is CCC[C@@]1(CCc2ccc(F)cc2)CC(O)=C(C(CC)c2cccc(NS(=O)(=O)c3ccc(C#N)cn3)c2)C(=O)O1. The fourth-order valence-electron chi connectivity index (χ4n) is 5.27. The van der Waals surface area contributed by atoms with Gasteiger partial charge in [-0.15, -0.1) is 0 Å². The Balaban J connectivity index is 1.57. The molecule has 2 aromatic carbocycles. The average molecular weight is 578 g/mol. The number of sulfonamides is 1. The number of benzene rings is 2. The fourth-order valence-corrected chi connectivity index (χ4v) is 6.25. The van der Waals surface area contributed by atoms with Crippen molar-refractivity contribution in [3.63, 3.8) is 0 Å². The first-order valence-electron chi connectivity index (χ1n) is 13.5. The van der Waals surface area contributed by atoms with Crippen molar-refractivity contribution in [1.82, 2.24) is 4.98 Å². The molecular formula is C31H32FN3O5S. The molecule has 0 saturated carbocycles. The van der Waals surface area contributed by atoms with Gasteiger partial charge in [-0.1, -0.05) is 44.5 Å². The Bertz CT molecular complexity index is 1580. The average Bonchev–Trinajstić information content (AvgIpc) is 2.95. The number of aryl methyl sites for hydroxylation is 1. The summed E-state index contributed by atoms with van der Waals surface area (Å²) in [5, 5.41) is 19.9. The van der Waals surface area contributed by atoms with Crippen LogP contribution in [0, 0.1) is 17.1 Å². The third-order valence-corrected chi connectivity index (χ3v) is 8.55. The fraction of sp³-hybridized carbons (Fsp3) is 0.323. The predicted molar refractivity (Wildman–Crippen MR) is 152 cm³/mol. The van der Waals surface area contributed by atoms with E-state index in [0.29, 0.717) is 31.2 Å². The minimum Gasteiger partial charge on any atom is -0.512 e. The van der Waals surface area contributed by atoms with Gasteiger partial charge in [-0.25, -0.2) is 14.2 Å². The lowest BCUT2D eigenvalue weighted by Gasteiger charge is -2.38. The van der Waals surface area contributed by atoms with Crippen LogP contribution >= 0.6 is 0 Å². The van der Waals surface area contributed by atoms with E-state index >= 15 is 0 Å². The number of halogens is 1. The van der Waals surface area contributed by atoms with Crippen LogP contribution in [0.2, 0.25) is 0 Å². The lowest BCUT2D eigenvalue weighted by atomic mass is 9.80. The lowest BCUT2D eigenvalue weighted by Crippen LogP contribution is -2.41. The van der Waals surface area contributed by atoms with Crippen LogP contribution < -0.4 is 4.72 Å². The molecule has 0 bridgehead atoms. The van der Waals surface area contributed by atoms with E-state index in [1.807, 2.05) is 19.9 Å². The van der Waals surface area contributed by atoms with Crippen LogP contribution in [0.3, 0.4) is 0 Å². The number of rotatable bonds is 11. The van der Waals surface area contributed by atoms with E-state index in [1.165, 1.54) is 30.5 Å². The van der Waals surface area contributed by atoms with Crippen LogP contribution in [0.1, 0.15) is 68.6 Å². The number of esters is 1. The molecule has 3 aromatic rings. The van der Waals surface area contributed by atoms with Gasteiger partial charge in [-0.3, -0.25) is 4.72 Å². The van der Waals surface area contributed by atoms with Crippen molar-refractivity contribution in [3.8, 4) is 6.07 Å². The van der Waals surface area contributed by atoms with Gasteiger partial charge in [0.2, 0.25) is 0 Å². The number of nitrogens with one attached hydrogen (secondary N) is 1. The molecule has 0 spiro atoms. The Kier molecular flexibility index (Phi) is 9.08. The maximum atomic E-state index is 13.4. The number of cyclic esters (lactones) is 1. The number of pyridine rings is 1. The number of nitriles is 1. The van der Waals surface area contributed by atoms with Crippen LogP contribution in [0.5, 0.6) is 0 Å². The molecule has 1 aliphatic heterocycles. The maximum Gasteiger partial charge on any atom is 0.338 e. The number of carbonyl (C=O) groups is 1. The molecule has 10 heteroatoms. The van der Waals surface area contributed by atoms with Crippen molar-refractivity contribution in [2.75, 3.05) is 4.72 Å². The van der Waals surface area contributed by atoms with Crippen LogP contribution in [-0.4, -0.2) is 30.1 Å². The second-order valence-electron chi connectivity index (χ2n) is 10.2. The first kappa shape index (κ1) is 29.7. The van der Waals surface area contributed by atoms with Crippen molar-refractivity contribution in [1.29, 1.82) is 5.26 Å². The van der Waals surface area contributed by atoms with Gasteiger partial charge in [-0.2, -0.15) is 13.7 Å². The Morgan fingerprint density at radius 3 is 2.51 bits per heavy atom. The highest BCUT2D eigenvalue weighted by Crippen LogP contribution is 2.42. The molecule has 2 N–H and O–H groups in total. The molecule has 0 radical (unpaired) electrons. The summed E-state index contributed by atoms with van der Waals surface area (Å²) >= 11 is 0. The zero-order valence-electron chi connectivity index (χ0n) is 22.9. The van der Waals surface area contributed by atoms with Gasteiger partial charge >= 0.3 is 5.97 Å². The molecule has 2 atom stereocenters. The maximum absolute atomic E-state index is 13.4. The summed E-state index contributed by atoms with van der Waals surface area (Å²) in [4.78, 5) is 17.3. The molecule has 214 valence electrons. The number of aliphatic hydroxyl groups excluding tert-OH is 1. The first-order chi connectivity index (χ1) is 19.6. The van der Waals surface area contributed by atoms with Crippen molar-refractivity contribution < 1.29 is 27.4 Å². The molecule has 0 amide bonds. The van der Waals surface area contributed by atoms with E-state index in [4.69, 9.17) is 10.00 Å². The molecule has 0 fully saturated rings. The van der Waals surface area contributed by atoms with E-state index < -0.39 is 27.5 Å². The number of carbonyl (C=O) groups excluding carboxylic acids is 1. The van der Waals surface area contributed by atoms with Crippen LogP contribution in [0.25, 0.3) is 0 Å². The molecule has 4 rings (SSSR count). The second-order valence-corrected chi connectivity index (χ2v) is 11.8. The molecular weight excluding hydrogens is 545 g/mol. The Morgan fingerprint density at radius 2 is 1.90 bits per heavy atom. The Labute approximate surface area is 239 Å². The number of aromatic nitrogens is 1. The predicted octanol–water partition coefficient (Wildman–Crippen LogP) is 6.32. The van der Waals surface area contributed by atoms with Crippen molar-refractivity contribution in [2.45, 2.75) is 68.9 Å². The highest BCUT2D eigenvalue weighted by Gasteiger charge is 2.43. The molecule has 8 nitrogen and oxygen atoms in total. The summed E-state index contributed by atoms with van der Waals surface area (Å²) in [5.74, 6) is -1.48. The van der Waals surface area contributed by atoms with Crippen LogP contribution in [0.4, 0.5) is 10.1 Å². The summed E-state index contributed by atoms with van der Waals surface area (Å²) in [5.41, 5.74) is 1.33. The quantitative estimate of drug-likeness (QED) is 0.255. The van der Waals surface area contributed by atoms with Gasteiger partial charge in [0.05, 0.1) is 11.1 Å². The van der Waals surface area contributed by atoms with Gasteiger partial charge in [0.1, 0.15) is 23.2 Å². The molecule has 2 heterocycles. The lowest BCUT2D eigenvalue weighted by molar-refractivity contribution is -0.161. The van der Waals surface area contributed by atoms with Gasteiger partial charge in [0.15, 0.2) is 5.03 Å². The molecule has 0 aliphatic carbocycles. The van der Waals surface area contributed by atoms with Crippen LogP contribution in [0.15, 0.2) is 83.2 Å². The van der Waals surface area contributed by atoms with E-state index in [2.05, 4.69) is 9.71 Å². The third kappa shape index (κ3) is 6.92. The summed E-state index contributed by atoms with van der Waals surface area (Å²) in [6.45, 7) is 3.86. The van der Waals surface area contributed by atoms with E-state index in [1.54, 1.807) is 36.4 Å².